The molecule has 0 N–H and O–H groups in total. The lowest BCUT2D eigenvalue weighted by Gasteiger charge is -2.28. The van der Waals surface area contributed by atoms with Crippen LogP contribution in [0.1, 0.15) is 42.2 Å². The molecule has 0 unspecified atom stereocenters. The summed E-state index contributed by atoms with van der Waals surface area (Å²) < 4.78 is 25.3. The number of rotatable bonds is 5. The van der Waals surface area contributed by atoms with E-state index in [2.05, 4.69) is 9.88 Å². The van der Waals surface area contributed by atoms with Gasteiger partial charge in [-0.25, -0.2) is 17.7 Å². The van der Waals surface area contributed by atoms with Crippen molar-refractivity contribution in [3.63, 3.8) is 0 Å². The minimum absolute atomic E-state index is 0. The molecule has 0 bridgehead atoms. The molecule has 30 heavy (non-hydrogen) atoms. The number of sulfonamides is 1. The molecule has 4 heterocycles. The maximum Gasteiger partial charge on any atom is 0.274 e. The van der Waals surface area contributed by atoms with Gasteiger partial charge in [-0.15, -0.1) is 23.7 Å². The fraction of sp³-hybridized carbons (Fsp3) is 0.632. The number of amides is 2. The van der Waals surface area contributed by atoms with Crippen LogP contribution < -0.4 is 0 Å². The smallest absolute Gasteiger partial charge is 0.274 e. The Bertz CT molecular complexity index is 969. The molecular weight excluding hydrogens is 448 g/mol. The number of halogens is 1. The SMILES string of the molecule is CC(C)[C@@H]1C(=O)N(S(C)(=O)=O)C2=CCN(C(=O)c3csc(CN4CCCC4)n3)[C@H]21.Cl. The average Bonchev–Trinajstić information content (AvgIpc) is 3.37. The fourth-order valence-corrected chi connectivity index (χ4v) is 6.36. The Morgan fingerprint density at radius 2 is 1.97 bits per heavy atom. The van der Waals surface area contributed by atoms with E-state index < -0.39 is 27.9 Å². The van der Waals surface area contributed by atoms with Crippen molar-refractivity contribution in [2.24, 2.45) is 11.8 Å². The Morgan fingerprint density at radius 3 is 2.57 bits per heavy atom. The third kappa shape index (κ3) is 4.02. The fourth-order valence-electron chi connectivity index (χ4n) is 4.54. The molecule has 1 aromatic heterocycles. The number of likely N-dealkylation sites (tertiary alicyclic amines) is 1. The number of fused-ring (bicyclic) bond motifs is 1. The maximum absolute atomic E-state index is 13.2. The molecule has 0 radical (unpaired) electrons. The van der Waals surface area contributed by atoms with Crippen molar-refractivity contribution in [1.82, 2.24) is 19.1 Å². The van der Waals surface area contributed by atoms with Gasteiger partial charge in [-0.3, -0.25) is 14.5 Å². The van der Waals surface area contributed by atoms with Crippen LogP contribution in [0.3, 0.4) is 0 Å². The van der Waals surface area contributed by atoms with Crippen LogP contribution in [0.25, 0.3) is 0 Å². The van der Waals surface area contributed by atoms with Crippen LogP contribution in [-0.4, -0.2) is 71.3 Å². The molecule has 3 aliphatic heterocycles. The molecule has 4 rings (SSSR count). The van der Waals surface area contributed by atoms with E-state index in [1.54, 1.807) is 16.4 Å². The number of hydrogen-bond acceptors (Lipinski definition) is 7. The minimum Gasteiger partial charge on any atom is -0.324 e. The second-order valence-corrected chi connectivity index (χ2v) is 11.1. The number of aromatic nitrogens is 1. The summed E-state index contributed by atoms with van der Waals surface area (Å²) in [5, 5.41) is 2.67. The first-order chi connectivity index (χ1) is 13.7. The Morgan fingerprint density at radius 1 is 1.30 bits per heavy atom. The normalized spacial score (nSPS) is 24.4. The standard InChI is InChI=1S/C19H26N4O4S2.ClH/c1-12(2)16-17-14(23(19(16)25)29(3,26)27)6-9-22(17)18(24)13-11-28-15(20-13)10-21-7-4-5-8-21;/h6,11-12,16-17H,4-5,7-10H2,1-3H3;1H/t16-,17+;/m0./s1. The zero-order valence-electron chi connectivity index (χ0n) is 17.3. The van der Waals surface area contributed by atoms with Gasteiger partial charge in [0.1, 0.15) is 10.7 Å². The van der Waals surface area contributed by atoms with E-state index in [1.807, 2.05) is 13.8 Å². The molecule has 2 saturated heterocycles. The predicted octanol–water partition coefficient (Wildman–Crippen LogP) is 1.94. The second-order valence-electron chi connectivity index (χ2n) is 8.28. The van der Waals surface area contributed by atoms with Crippen molar-refractivity contribution < 1.29 is 18.0 Å². The Labute approximate surface area is 187 Å². The van der Waals surface area contributed by atoms with E-state index in [-0.39, 0.29) is 30.8 Å². The third-order valence-electron chi connectivity index (χ3n) is 5.84. The number of carbonyl (C=O) groups is 2. The lowest BCUT2D eigenvalue weighted by Crippen LogP contribution is -2.43. The van der Waals surface area contributed by atoms with Crippen molar-refractivity contribution in [3.8, 4) is 0 Å². The molecule has 0 aromatic carbocycles. The van der Waals surface area contributed by atoms with E-state index in [9.17, 15) is 18.0 Å². The van der Waals surface area contributed by atoms with Gasteiger partial charge in [0.15, 0.2) is 0 Å². The van der Waals surface area contributed by atoms with Crippen molar-refractivity contribution in [2.45, 2.75) is 39.3 Å². The monoisotopic (exact) mass is 474 g/mol. The highest BCUT2D eigenvalue weighted by molar-refractivity contribution is 7.89. The van der Waals surface area contributed by atoms with Gasteiger partial charge in [-0.1, -0.05) is 13.8 Å². The van der Waals surface area contributed by atoms with Gasteiger partial charge in [0, 0.05) is 11.9 Å². The topological polar surface area (TPSA) is 90.9 Å². The summed E-state index contributed by atoms with van der Waals surface area (Å²) in [6, 6.07) is -0.562. The van der Waals surface area contributed by atoms with E-state index in [0.717, 1.165) is 35.2 Å². The van der Waals surface area contributed by atoms with Crippen LogP contribution in [0.5, 0.6) is 0 Å². The molecule has 166 valence electrons. The zero-order chi connectivity index (χ0) is 20.9. The third-order valence-corrected chi connectivity index (χ3v) is 7.72. The van der Waals surface area contributed by atoms with Crippen LogP contribution in [0.15, 0.2) is 17.2 Å². The van der Waals surface area contributed by atoms with Crippen molar-refractivity contribution in [1.29, 1.82) is 0 Å². The highest BCUT2D eigenvalue weighted by atomic mass is 35.5. The van der Waals surface area contributed by atoms with Gasteiger partial charge in [0.05, 0.1) is 30.5 Å². The van der Waals surface area contributed by atoms with Crippen LogP contribution in [0, 0.1) is 11.8 Å². The predicted molar refractivity (Wildman–Crippen MR) is 117 cm³/mol. The summed E-state index contributed by atoms with van der Waals surface area (Å²) in [6.45, 7) is 6.90. The summed E-state index contributed by atoms with van der Waals surface area (Å²) in [4.78, 5) is 34.5. The van der Waals surface area contributed by atoms with Crippen molar-refractivity contribution in [3.05, 3.63) is 27.9 Å². The Balaban J connectivity index is 0.00000256. The zero-order valence-corrected chi connectivity index (χ0v) is 19.7. The van der Waals surface area contributed by atoms with Crippen molar-refractivity contribution >= 4 is 45.6 Å². The largest absolute Gasteiger partial charge is 0.324 e. The number of nitrogens with zero attached hydrogens (tertiary/aromatic N) is 4. The number of thiazole rings is 1. The van der Waals surface area contributed by atoms with Crippen LogP contribution in [0.2, 0.25) is 0 Å². The van der Waals surface area contributed by atoms with E-state index in [1.165, 1.54) is 24.2 Å². The number of hydrogen-bond donors (Lipinski definition) is 0. The van der Waals surface area contributed by atoms with Gasteiger partial charge in [-0.05, 0) is 37.9 Å². The van der Waals surface area contributed by atoms with Crippen molar-refractivity contribution in [2.75, 3.05) is 25.9 Å². The summed E-state index contributed by atoms with van der Waals surface area (Å²) in [5.74, 6) is -1.38. The van der Waals surface area contributed by atoms with Gasteiger partial charge < -0.3 is 4.90 Å². The molecule has 11 heteroatoms. The second kappa shape index (κ2) is 8.57. The van der Waals surface area contributed by atoms with Gasteiger partial charge >= 0.3 is 0 Å². The highest BCUT2D eigenvalue weighted by Crippen LogP contribution is 2.41. The first-order valence-corrected chi connectivity index (χ1v) is 12.6. The molecule has 2 atom stereocenters. The van der Waals surface area contributed by atoms with Crippen LogP contribution in [-0.2, 0) is 21.4 Å². The minimum atomic E-state index is -3.74. The summed E-state index contributed by atoms with van der Waals surface area (Å²) in [5.41, 5.74) is 0.767. The van der Waals surface area contributed by atoms with E-state index in [0.29, 0.717) is 11.4 Å². The molecular formula is C19H27ClN4O4S2. The molecule has 2 fully saturated rings. The number of carbonyl (C=O) groups excluding carboxylic acids is 2. The molecule has 8 nitrogen and oxygen atoms in total. The quantitative estimate of drug-likeness (QED) is 0.647. The first kappa shape index (κ1) is 23.2. The molecule has 0 aliphatic carbocycles. The lowest BCUT2D eigenvalue weighted by atomic mass is 9.89. The first-order valence-electron chi connectivity index (χ1n) is 9.90. The van der Waals surface area contributed by atoms with Gasteiger partial charge in [-0.2, -0.15) is 0 Å². The summed E-state index contributed by atoms with van der Waals surface area (Å²) in [6.07, 6.45) is 5.10. The van der Waals surface area contributed by atoms with Crippen LogP contribution in [0.4, 0.5) is 0 Å². The summed E-state index contributed by atoms with van der Waals surface area (Å²) in [7, 11) is -3.74. The van der Waals surface area contributed by atoms with E-state index in [4.69, 9.17) is 0 Å². The molecule has 0 saturated carbocycles. The molecule has 1 aromatic rings. The highest BCUT2D eigenvalue weighted by Gasteiger charge is 2.54. The average molecular weight is 475 g/mol. The van der Waals surface area contributed by atoms with Gasteiger partial charge in [0.25, 0.3) is 5.91 Å². The molecule has 2 amide bonds. The molecule has 3 aliphatic rings. The maximum atomic E-state index is 13.2. The van der Waals surface area contributed by atoms with E-state index >= 15 is 0 Å². The lowest BCUT2D eigenvalue weighted by molar-refractivity contribution is -0.128. The Hall–Kier alpha value is -1.49. The summed E-state index contributed by atoms with van der Waals surface area (Å²) >= 11 is 1.47. The Kier molecular flexibility index (Phi) is 6.62. The van der Waals surface area contributed by atoms with Crippen LogP contribution >= 0.6 is 23.7 Å². The van der Waals surface area contributed by atoms with Gasteiger partial charge in [0.2, 0.25) is 15.9 Å². The molecule has 0 spiro atoms.